The highest BCUT2D eigenvalue weighted by Gasteiger charge is 2.24. The molecule has 1 saturated heterocycles. The first kappa shape index (κ1) is 14.5. The second kappa shape index (κ2) is 7.00. The summed E-state index contributed by atoms with van der Waals surface area (Å²) in [6.07, 6.45) is 11.2. The van der Waals surface area contributed by atoms with Crippen molar-refractivity contribution >= 4 is 0 Å². The van der Waals surface area contributed by atoms with Gasteiger partial charge in [0.05, 0.1) is 26.7 Å². The molecule has 1 aliphatic heterocycles. The molecule has 98 valence electrons. The lowest BCUT2D eigenvalue weighted by Crippen LogP contribution is -2.48. The Hall–Kier alpha value is -0.560. The van der Waals surface area contributed by atoms with Gasteiger partial charge in [-0.15, -0.1) is 6.58 Å². The Kier molecular flexibility index (Phi) is 5.97. The molecule has 1 nitrogen and oxygen atoms in total. The van der Waals surface area contributed by atoms with Gasteiger partial charge in [0, 0.05) is 0 Å². The first-order chi connectivity index (χ1) is 8.06. The topological polar surface area (TPSA) is 0 Å². The Bertz CT molecular complexity index is 259. The van der Waals surface area contributed by atoms with Crippen molar-refractivity contribution in [2.24, 2.45) is 5.92 Å². The molecule has 0 N–H and O–H groups in total. The Balaban J connectivity index is 2.33. The molecule has 0 aromatic rings. The standard InChI is InChI=1S/C16H30N/c1-5-15(2)10-9-11-16(3)14-17(4)12-7-6-8-13-17/h5,11,15H,1,6-10,12-14H2,2-4H3/q+1/b16-11+. The number of hydrogen-bond acceptors (Lipinski definition) is 0. The fourth-order valence-corrected chi connectivity index (χ4v) is 2.81. The van der Waals surface area contributed by atoms with Crippen LogP contribution >= 0.6 is 0 Å². The van der Waals surface area contributed by atoms with Gasteiger partial charge in [-0.3, -0.25) is 0 Å². The third kappa shape index (κ3) is 5.54. The van der Waals surface area contributed by atoms with E-state index < -0.39 is 0 Å². The number of rotatable bonds is 6. The van der Waals surface area contributed by atoms with E-state index in [2.05, 4.69) is 39.6 Å². The highest BCUT2D eigenvalue weighted by atomic mass is 15.3. The molecular formula is C16H30N+. The summed E-state index contributed by atoms with van der Waals surface area (Å²) in [5.74, 6) is 0.652. The smallest absolute Gasteiger partial charge is 0.0998 e. The first-order valence-corrected chi connectivity index (χ1v) is 7.17. The largest absolute Gasteiger partial charge is 0.323 e. The van der Waals surface area contributed by atoms with Gasteiger partial charge >= 0.3 is 0 Å². The van der Waals surface area contributed by atoms with Crippen molar-refractivity contribution in [2.75, 3.05) is 26.7 Å². The molecule has 0 saturated carbocycles. The summed E-state index contributed by atoms with van der Waals surface area (Å²) in [6, 6.07) is 0. The van der Waals surface area contributed by atoms with Gasteiger partial charge in [-0.2, -0.15) is 0 Å². The monoisotopic (exact) mass is 236 g/mol. The van der Waals surface area contributed by atoms with Gasteiger partial charge in [-0.05, 0) is 50.5 Å². The Morgan fingerprint density at radius 2 is 1.94 bits per heavy atom. The van der Waals surface area contributed by atoms with Crippen LogP contribution in [0.5, 0.6) is 0 Å². The molecule has 1 heterocycles. The zero-order valence-corrected chi connectivity index (χ0v) is 12.0. The Labute approximate surface area is 108 Å². The number of piperidine rings is 1. The molecular weight excluding hydrogens is 206 g/mol. The summed E-state index contributed by atoms with van der Waals surface area (Å²) in [5, 5.41) is 0. The van der Waals surface area contributed by atoms with E-state index in [0.29, 0.717) is 5.92 Å². The normalized spacial score (nSPS) is 22.2. The summed E-state index contributed by atoms with van der Waals surface area (Å²) in [6.45, 7) is 12.4. The predicted molar refractivity (Wildman–Crippen MR) is 77.0 cm³/mol. The minimum atomic E-state index is 0.652. The predicted octanol–water partition coefficient (Wildman–Crippen LogP) is 4.17. The van der Waals surface area contributed by atoms with E-state index in [1.807, 2.05) is 0 Å². The third-order valence-electron chi connectivity index (χ3n) is 4.04. The molecule has 17 heavy (non-hydrogen) atoms. The van der Waals surface area contributed by atoms with Crippen molar-refractivity contribution in [3.63, 3.8) is 0 Å². The zero-order valence-electron chi connectivity index (χ0n) is 12.0. The van der Waals surface area contributed by atoms with E-state index >= 15 is 0 Å². The number of likely N-dealkylation sites (tertiary alicyclic amines) is 1. The fourth-order valence-electron chi connectivity index (χ4n) is 2.81. The van der Waals surface area contributed by atoms with Crippen LogP contribution in [-0.4, -0.2) is 31.2 Å². The van der Waals surface area contributed by atoms with Crippen LogP contribution in [-0.2, 0) is 0 Å². The lowest BCUT2D eigenvalue weighted by atomic mass is 10.0. The van der Waals surface area contributed by atoms with Gasteiger partial charge in [-0.1, -0.05) is 19.1 Å². The molecule has 0 amide bonds. The summed E-state index contributed by atoms with van der Waals surface area (Å²) >= 11 is 0. The van der Waals surface area contributed by atoms with Gasteiger partial charge in [0.25, 0.3) is 0 Å². The maximum absolute atomic E-state index is 3.84. The van der Waals surface area contributed by atoms with Crippen LogP contribution in [0, 0.1) is 5.92 Å². The molecule has 1 unspecified atom stereocenters. The summed E-state index contributed by atoms with van der Waals surface area (Å²) in [7, 11) is 2.42. The second-order valence-electron chi connectivity index (χ2n) is 6.13. The van der Waals surface area contributed by atoms with E-state index in [4.69, 9.17) is 0 Å². The maximum Gasteiger partial charge on any atom is 0.0998 e. The van der Waals surface area contributed by atoms with Crippen LogP contribution in [0.15, 0.2) is 24.3 Å². The van der Waals surface area contributed by atoms with Crippen LogP contribution in [0.2, 0.25) is 0 Å². The van der Waals surface area contributed by atoms with E-state index in [0.717, 1.165) is 0 Å². The molecule has 1 rings (SSSR count). The van der Waals surface area contributed by atoms with Crippen LogP contribution in [0.25, 0.3) is 0 Å². The molecule has 0 aliphatic carbocycles. The minimum absolute atomic E-state index is 0.652. The second-order valence-corrected chi connectivity index (χ2v) is 6.13. The van der Waals surface area contributed by atoms with E-state index in [1.165, 1.54) is 56.2 Å². The molecule has 1 heteroatoms. The van der Waals surface area contributed by atoms with Crippen LogP contribution in [0.1, 0.15) is 46.0 Å². The van der Waals surface area contributed by atoms with Crippen molar-refractivity contribution < 1.29 is 4.48 Å². The lowest BCUT2D eigenvalue weighted by molar-refractivity contribution is -0.909. The quantitative estimate of drug-likeness (QED) is 0.480. The summed E-state index contributed by atoms with van der Waals surface area (Å²) in [5.41, 5.74) is 1.57. The number of quaternary nitrogens is 1. The minimum Gasteiger partial charge on any atom is -0.323 e. The average molecular weight is 236 g/mol. The molecule has 1 fully saturated rings. The van der Waals surface area contributed by atoms with Gasteiger partial charge in [-0.25, -0.2) is 0 Å². The number of nitrogens with zero attached hydrogens (tertiary/aromatic N) is 1. The molecule has 0 aromatic heterocycles. The van der Waals surface area contributed by atoms with E-state index in [1.54, 1.807) is 5.57 Å². The van der Waals surface area contributed by atoms with Crippen molar-refractivity contribution in [1.29, 1.82) is 0 Å². The van der Waals surface area contributed by atoms with Crippen molar-refractivity contribution in [1.82, 2.24) is 0 Å². The SMILES string of the molecule is C=CC(C)CC/C=C(\C)C[N+]1(C)CCCCC1. The van der Waals surface area contributed by atoms with Crippen LogP contribution < -0.4 is 0 Å². The van der Waals surface area contributed by atoms with E-state index in [-0.39, 0.29) is 0 Å². The van der Waals surface area contributed by atoms with Crippen molar-refractivity contribution in [2.45, 2.75) is 46.0 Å². The molecule has 0 aromatic carbocycles. The van der Waals surface area contributed by atoms with Crippen LogP contribution in [0.4, 0.5) is 0 Å². The van der Waals surface area contributed by atoms with Crippen molar-refractivity contribution in [3.8, 4) is 0 Å². The molecule has 0 bridgehead atoms. The average Bonchev–Trinajstić information content (AvgIpc) is 2.29. The molecule has 1 atom stereocenters. The van der Waals surface area contributed by atoms with E-state index in [9.17, 15) is 0 Å². The zero-order chi connectivity index (χ0) is 12.7. The Morgan fingerprint density at radius 1 is 1.29 bits per heavy atom. The highest BCUT2D eigenvalue weighted by Crippen LogP contribution is 2.18. The first-order valence-electron chi connectivity index (χ1n) is 7.17. The number of hydrogen-bond donors (Lipinski definition) is 0. The van der Waals surface area contributed by atoms with Gasteiger partial charge in [0.2, 0.25) is 0 Å². The Morgan fingerprint density at radius 3 is 2.53 bits per heavy atom. The highest BCUT2D eigenvalue weighted by molar-refractivity contribution is 4.98. The summed E-state index contributed by atoms with van der Waals surface area (Å²) in [4.78, 5) is 0. The van der Waals surface area contributed by atoms with Gasteiger partial charge in [0.1, 0.15) is 0 Å². The maximum atomic E-state index is 3.84. The van der Waals surface area contributed by atoms with Crippen LogP contribution in [0.3, 0.4) is 0 Å². The lowest BCUT2D eigenvalue weighted by Gasteiger charge is -2.38. The fraction of sp³-hybridized carbons (Fsp3) is 0.750. The van der Waals surface area contributed by atoms with Gasteiger partial charge < -0.3 is 4.48 Å². The number of allylic oxidation sites excluding steroid dienone is 2. The third-order valence-corrected chi connectivity index (χ3v) is 4.04. The number of likely N-dealkylation sites (N-methyl/N-ethyl adjacent to an activating group) is 1. The molecule has 0 radical (unpaired) electrons. The molecule has 1 aliphatic rings. The summed E-state index contributed by atoms with van der Waals surface area (Å²) < 4.78 is 1.26. The molecule has 0 spiro atoms. The van der Waals surface area contributed by atoms with Crippen molar-refractivity contribution in [3.05, 3.63) is 24.3 Å². The van der Waals surface area contributed by atoms with Gasteiger partial charge in [0.15, 0.2) is 0 Å².